The Kier molecular flexibility index (Phi) is 4.91. The molecule has 1 unspecified atom stereocenters. The molecule has 23 heavy (non-hydrogen) atoms. The molecule has 0 spiro atoms. The SMILES string of the molecule is CCOC(/C=C1\OC(OC)c2cc3ccccc3nc21)OCC. The molecule has 0 saturated carbocycles. The first-order valence-corrected chi connectivity index (χ1v) is 7.81. The minimum absolute atomic E-state index is 0.461. The largest absolute Gasteiger partial charge is 0.458 e. The Morgan fingerprint density at radius 3 is 2.65 bits per heavy atom. The van der Waals surface area contributed by atoms with Gasteiger partial charge in [0.2, 0.25) is 6.29 Å². The van der Waals surface area contributed by atoms with Gasteiger partial charge in [0.1, 0.15) is 11.5 Å². The summed E-state index contributed by atoms with van der Waals surface area (Å²) in [6, 6.07) is 10.0. The molecule has 122 valence electrons. The molecule has 3 rings (SSSR count). The van der Waals surface area contributed by atoms with Gasteiger partial charge in [-0.1, -0.05) is 18.2 Å². The van der Waals surface area contributed by atoms with E-state index in [0.717, 1.165) is 22.2 Å². The maximum Gasteiger partial charge on any atom is 0.228 e. The summed E-state index contributed by atoms with van der Waals surface area (Å²) < 4.78 is 22.5. The number of pyridine rings is 1. The third kappa shape index (κ3) is 3.22. The van der Waals surface area contributed by atoms with Gasteiger partial charge in [-0.15, -0.1) is 0 Å². The zero-order valence-corrected chi connectivity index (χ0v) is 13.6. The molecule has 1 aliphatic rings. The van der Waals surface area contributed by atoms with Crippen molar-refractivity contribution in [3.63, 3.8) is 0 Å². The minimum Gasteiger partial charge on any atom is -0.458 e. The van der Waals surface area contributed by atoms with Crippen molar-refractivity contribution in [1.29, 1.82) is 0 Å². The van der Waals surface area contributed by atoms with E-state index < -0.39 is 12.6 Å². The lowest BCUT2D eigenvalue weighted by molar-refractivity contribution is -0.106. The number of rotatable bonds is 6. The first-order chi connectivity index (χ1) is 11.3. The molecule has 0 bridgehead atoms. The fraction of sp³-hybridized carbons (Fsp3) is 0.389. The van der Waals surface area contributed by atoms with Crippen LogP contribution in [0.1, 0.15) is 31.4 Å². The Morgan fingerprint density at radius 2 is 1.96 bits per heavy atom. The van der Waals surface area contributed by atoms with Crippen molar-refractivity contribution in [3.05, 3.63) is 47.7 Å². The smallest absolute Gasteiger partial charge is 0.228 e. The zero-order chi connectivity index (χ0) is 16.2. The number of aromatic nitrogens is 1. The lowest BCUT2D eigenvalue weighted by Gasteiger charge is -2.14. The van der Waals surface area contributed by atoms with E-state index in [9.17, 15) is 0 Å². The molecule has 5 heteroatoms. The quantitative estimate of drug-likeness (QED) is 0.762. The highest BCUT2D eigenvalue weighted by Gasteiger charge is 2.31. The van der Waals surface area contributed by atoms with Crippen LogP contribution >= 0.6 is 0 Å². The summed E-state index contributed by atoms with van der Waals surface area (Å²) in [6.07, 6.45) is 0.890. The van der Waals surface area contributed by atoms with Crippen LogP contribution in [0.5, 0.6) is 0 Å². The van der Waals surface area contributed by atoms with Crippen molar-refractivity contribution in [3.8, 4) is 0 Å². The molecule has 0 amide bonds. The third-order valence-corrected chi connectivity index (χ3v) is 3.64. The van der Waals surface area contributed by atoms with Crippen LogP contribution < -0.4 is 0 Å². The molecular weight excluding hydrogens is 294 g/mol. The Hall–Kier alpha value is -1.95. The van der Waals surface area contributed by atoms with Gasteiger partial charge in [-0.25, -0.2) is 4.98 Å². The van der Waals surface area contributed by atoms with Gasteiger partial charge in [0.25, 0.3) is 0 Å². The van der Waals surface area contributed by atoms with E-state index in [2.05, 4.69) is 6.07 Å². The minimum atomic E-state index is -0.461. The van der Waals surface area contributed by atoms with Crippen LogP contribution in [0, 0.1) is 0 Å². The average Bonchev–Trinajstić information content (AvgIpc) is 2.90. The van der Waals surface area contributed by atoms with Gasteiger partial charge in [-0.3, -0.25) is 0 Å². The molecule has 2 heterocycles. The summed E-state index contributed by atoms with van der Waals surface area (Å²) in [5, 5.41) is 1.06. The summed E-state index contributed by atoms with van der Waals surface area (Å²) >= 11 is 0. The Morgan fingerprint density at radius 1 is 1.22 bits per heavy atom. The van der Waals surface area contributed by atoms with Gasteiger partial charge in [0.15, 0.2) is 6.29 Å². The van der Waals surface area contributed by atoms with Crippen LogP contribution in [-0.4, -0.2) is 31.6 Å². The molecule has 0 radical (unpaired) electrons. The molecule has 5 nitrogen and oxygen atoms in total. The normalized spacial score (nSPS) is 18.6. The maximum absolute atomic E-state index is 5.89. The number of nitrogens with zero attached hydrogens (tertiary/aromatic N) is 1. The van der Waals surface area contributed by atoms with Crippen LogP contribution in [0.3, 0.4) is 0 Å². The fourth-order valence-electron chi connectivity index (χ4n) is 2.63. The number of para-hydroxylation sites is 1. The zero-order valence-electron chi connectivity index (χ0n) is 13.6. The highest BCUT2D eigenvalue weighted by Crippen LogP contribution is 2.39. The van der Waals surface area contributed by atoms with E-state index in [1.165, 1.54) is 0 Å². The topological polar surface area (TPSA) is 49.8 Å². The van der Waals surface area contributed by atoms with Crippen molar-refractivity contribution in [2.45, 2.75) is 26.4 Å². The van der Waals surface area contributed by atoms with E-state index >= 15 is 0 Å². The molecule has 0 aliphatic carbocycles. The van der Waals surface area contributed by atoms with Crippen molar-refractivity contribution >= 4 is 16.7 Å². The number of methoxy groups -OCH3 is 1. The third-order valence-electron chi connectivity index (χ3n) is 3.64. The summed E-state index contributed by atoms with van der Waals surface area (Å²) in [6.45, 7) is 4.97. The lowest BCUT2D eigenvalue weighted by atomic mass is 10.1. The van der Waals surface area contributed by atoms with Gasteiger partial charge in [0, 0.05) is 31.8 Å². The number of ether oxygens (including phenoxy) is 4. The van der Waals surface area contributed by atoms with Gasteiger partial charge < -0.3 is 18.9 Å². The number of fused-ring (bicyclic) bond motifs is 2. The maximum atomic E-state index is 5.89. The second-order valence-corrected chi connectivity index (χ2v) is 5.11. The van der Waals surface area contributed by atoms with Crippen molar-refractivity contribution < 1.29 is 18.9 Å². The number of benzene rings is 1. The monoisotopic (exact) mass is 315 g/mol. The first kappa shape index (κ1) is 15.9. The molecule has 1 aromatic carbocycles. The second-order valence-electron chi connectivity index (χ2n) is 5.11. The van der Waals surface area contributed by atoms with Gasteiger partial charge in [-0.05, 0) is 26.0 Å². The van der Waals surface area contributed by atoms with Crippen LogP contribution in [0.4, 0.5) is 0 Å². The highest BCUT2D eigenvalue weighted by molar-refractivity contribution is 5.82. The standard InChI is InChI=1S/C18H21NO4/c1-4-21-16(22-5-2)11-15-17-13(18(20-3)23-15)10-12-8-6-7-9-14(12)19-17/h6-11,16,18H,4-5H2,1-3H3/b15-11-. The van der Waals surface area contributed by atoms with E-state index in [-0.39, 0.29) is 0 Å². The van der Waals surface area contributed by atoms with Gasteiger partial charge in [0.05, 0.1) is 11.1 Å². The van der Waals surface area contributed by atoms with Crippen molar-refractivity contribution in [1.82, 2.24) is 4.98 Å². The van der Waals surface area contributed by atoms with Crippen LogP contribution in [0.2, 0.25) is 0 Å². The molecule has 2 aromatic rings. The number of hydrogen-bond acceptors (Lipinski definition) is 5. The first-order valence-electron chi connectivity index (χ1n) is 7.81. The Labute approximate surface area is 135 Å². The molecule has 1 aromatic heterocycles. The van der Waals surface area contributed by atoms with E-state index in [1.54, 1.807) is 7.11 Å². The predicted molar refractivity (Wildman–Crippen MR) is 87.6 cm³/mol. The molecule has 0 N–H and O–H groups in total. The van der Waals surface area contributed by atoms with E-state index in [1.807, 2.05) is 44.2 Å². The predicted octanol–water partition coefficient (Wildman–Crippen LogP) is 3.65. The van der Waals surface area contributed by atoms with Crippen LogP contribution in [0.25, 0.3) is 16.7 Å². The molecular formula is C18H21NO4. The highest BCUT2D eigenvalue weighted by atomic mass is 16.7. The van der Waals surface area contributed by atoms with Gasteiger partial charge >= 0.3 is 0 Å². The molecule has 1 atom stereocenters. The van der Waals surface area contributed by atoms with Crippen LogP contribution in [0.15, 0.2) is 36.4 Å². The molecule has 1 aliphatic heterocycles. The molecule has 0 fully saturated rings. The average molecular weight is 315 g/mol. The van der Waals surface area contributed by atoms with Gasteiger partial charge in [-0.2, -0.15) is 0 Å². The number of hydrogen-bond donors (Lipinski definition) is 0. The van der Waals surface area contributed by atoms with E-state index in [4.69, 9.17) is 23.9 Å². The molecule has 0 saturated heterocycles. The van der Waals surface area contributed by atoms with Crippen molar-refractivity contribution in [2.75, 3.05) is 20.3 Å². The summed E-state index contributed by atoms with van der Waals surface area (Å²) in [5.41, 5.74) is 2.62. The van der Waals surface area contributed by atoms with Crippen molar-refractivity contribution in [2.24, 2.45) is 0 Å². The lowest BCUT2D eigenvalue weighted by Crippen LogP contribution is -2.15. The fourth-order valence-corrected chi connectivity index (χ4v) is 2.63. The van der Waals surface area contributed by atoms with E-state index in [0.29, 0.717) is 19.0 Å². The van der Waals surface area contributed by atoms with Crippen LogP contribution in [-0.2, 0) is 18.9 Å². The summed E-state index contributed by atoms with van der Waals surface area (Å²) in [4.78, 5) is 4.72. The Balaban J connectivity index is 2.04. The Bertz CT molecular complexity index is 707. The second kappa shape index (κ2) is 7.08. The summed E-state index contributed by atoms with van der Waals surface area (Å²) in [7, 11) is 1.62. The summed E-state index contributed by atoms with van der Waals surface area (Å²) in [5.74, 6) is 0.629.